The topological polar surface area (TPSA) is 0 Å². The molecule has 0 nitrogen and oxygen atoms in total. The quantitative estimate of drug-likeness (QED) is 0.553. The van der Waals surface area contributed by atoms with Crippen LogP contribution in [0.15, 0.2) is 0 Å². The molecule has 0 saturated heterocycles. The number of rotatable bonds is 0. The Bertz CT molecular complexity index is 19.1. The van der Waals surface area contributed by atoms with Gasteiger partial charge in [0.05, 0.1) is 0 Å². The normalized spacial score (nSPS) is 11.6. The van der Waals surface area contributed by atoms with Crippen molar-refractivity contribution in [2.24, 2.45) is 0 Å². The van der Waals surface area contributed by atoms with Gasteiger partial charge in [-0.2, -0.15) is 0 Å². The van der Waals surface area contributed by atoms with E-state index in [1.807, 2.05) is 0 Å². The summed E-state index contributed by atoms with van der Waals surface area (Å²) in [5.74, 6) is 0. The van der Waals surface area contributed by atoms with Crippen LogP contribution >= 0.6 is 0 Å². The first-order valence-electron chi connectivity index (χ1n) is 1.79. The zero-order valence-corrected chi connectivity index (χ0v) is 7.70. The van der Waals surface area contributed by atoms with Crippen LogP contribution in [0.5, 0.6) is 0 Å². The van der Waals surface area contributed by atoms with Gasteiger partial charge in [-0.1, -0.05) is 0 Å². The third-order valence-electron chi connectivity index (χ3n) is 0. The van der Waals surface area contributed by atoms with Crippen LogP contribution in [0, 0.1) is 33.7 Å². The Morgan fingerprint density at radius 3 is 1.20 bits per heavy atom. The molecule has 0 amide bonds. The summed E-state index contributed by atoms with van der Waals surface area (Å²) in [6.07, 6.45) is 0. The van der Waals surface area contributed by atoms with Gasteiger partial charge in [0.15, 0.2) is 0 Å². The molecule has 0 N–H and O–H groups in total. The van der Waals surface area contributed by atoms with Crippen LogP contribution in [0.3, 0.4) is 0 Å². The van der Waals surface area contributed by atoms with E-state index in [0.717, 1.165) is 33.7 Å². The summed E-state index contributed by atoms with van der Waals surface area (Å²) in [6.45, 7) is 6.78. The van der Waals surface area contributed by atoms with Crippen molar-refractivity contribution in [2.45, 2.75) is 22.6 Å². The van der Waals surface area contributed by atoms with Crippen LogP contribution in [0.2, 0.25) is 1.82 Å². The van der Waals surface area contributed by atoms with Gasteiger partial charge in [0.2, 0.25) is 0 Å². The second-order valence-electron chi connectivity index (χ2n) is 2.37. The van der Waals surface area contributed by atoms with E-state index in [1.165, 1.54) is 0 Å². The molecule has 0 aliphatic rings. The van der Waals surface area contributed by atoms with Crippen molar-refractivity contribution >= 4 is 0 Å². The Morgan fingerprint density at radius 1 is 1.20 bits per heavy atom. The van der Waals surface area contributed by atoms with Crippen LogP contribution in [-0.2, 0) is 0 Å². The van der Waals surface area contributed by atoms with E-state index in [4.69, 9.17) is 0 Å². The number of hydrogen-bond acceptors (Lipinski definition) is 0. The molecule has 0 radical (unpaired) electrons. The summed E-state index contributed by atoms with van der Waals surface area (Å²) >= 11 is 1.13. The van der Waals surface area contributed by atoms with Crippen molar-refractivity contribution in [1.29, 1.82) is 0 Å². The van der Waals surface area contributed by atoms with Gasteiger partial charge in [-0.25, -0.2) is 0 Å². The molecule has 0 aromatic heterocycles. The summed E-state index contributed by atoms with van der Waals surface area (Å²) in [6, 6.07) is 0. The molecule has 0 aromatic rings. The van der Waals surface area contributed by atoms with Gasteiger partial charge in [0.1, 0.15) is 0 Å². The van der Waals surface area contributed by atoms with Gasteiger partial charge in [0.25, 0.3) is 0 Å². The molecule has 0 aromatic carbocycles. The summed E-state index contributed by atoms with van der Waals surface area (Å²) < 4.78 is 0.667. The molecule has 0 unspecified atom stereocenters. The summed E-state index contributed by atoms with van der Waals surface area (Å²) in [7, 11) is 0. The van der Waals surface area contributed by atoms with Gasteiger partial charge < -0.3 is 0 Å². The Balaban J connectivity index is 3.02. The van der Waals surface area contributed by atoms with Crippen molar-refractivity contribution in [2.75, 3.05) is 0 Å². The zero-order valence-electron chi connectivity index (χ0n) is 4.08. The third-order valence-corrected chi connectivity index (χ3v) is 0. The molecular weight excluding hydrogens is 187 g/mol. The molecule has 0 spiro atoms. The van der Waals surface area contributed by atoms with Gasteiger partial charge in [-0.15, -0.1) is 0 Å². The fourth-order valence-corrected chi connectivity index (χ4v) is 0. The van der Waals surface area contributed by atoms with E-state index < -0.39 is 0 Å². The third kappa shape index (κ3) is 37.1. The van der Waals surface area contributed by atoms with Gasteiger partial charge in [-0.3, -0.25) is 0 Å². The van der Waals surface area contributed by atoms with Gasteiger partial charge in [-0.05, 0) is 0 Å². The second kappa shape index (κ2) is 1.77. The van der Waals surface area contributed by atoms with Gasteiger partial charge >= 0.3 is 56.3 Å². The van der Waals surface area contributed by atoms with E-state index >= 15 is 0 Å². The molecule has 0 aliphatic heterocycles. The fourth-order valence-electron chi connectivity index (χ4n) is 0. The molecule has 28 valence electrons. The SMILES string of the molecule is C[C](C)(C)[La]. The van der Waals surface area contributed by atoms with Crippen molar-refractivity contribution in [3.8, 4) is 0 Å². The molecule has 1 heteroatoms. The predicted molar refractivity (Wildman–Crippen MR) is 19.7 cm³/mol. The van der Waals surface area contributed by atoms with E-state index in [-0.39, 0.29) is 0 Å². The molecule has 0 saturated carbocycles. The molecule has 0 fully saturated rings. The van der Waals surface area contributed by atoms with Crippen LogP contribution in [0.25, 0.3) is 0 Å². The average molecular weight is 196 g/mol. The zero-order chi connectivity index (χ0) is 4.50. The second-order valence-corrected chi connectivity index (χ2v) is 7.80. The molecule has 5 heavy (non-hydrogen) atoms. The van der Waals surface area contributed by atoms with Crippen LogP contribution in [0.1, 0.15) is 20.8 Å². The fraction of sp³-hybridized carbons (Fsp3) is 1.00. The maximum absolute atomic E-state index is 2.26. The van der Waals surface area contributed by atoms with Gasteiger partial charge in [0, 0.05) is 0 Å². The monoisotopic (exact) mass is 196 g/mol. The first-order valence-corrected chi connectivity index (χ1v) is 3.60. The minimum absolute atomic E-state index is 0.667. The molecular formula is C4H9La. The molecule has 0 heterocycles. The van der Waals surface area contributed by atoms with Crippen molar-refractivity contribution in [1.82, 2.24) is 0 Å². The van der Waals surface area contributed by atoms with Crippen LogP contribution in [-0.4, -0.2) is 0 Å². The first-order chi connectivity index (χ1) is 2.00. The van der Waals surface area contributed by atoms with Crippen molar-refractivity contribution in [3.05, 3.63) is 0 Å². The first kappa shape index (κ1) is 6.19. The van der Waals surface area contributed by atoms with E-state index in [9.17, 15) is 0 Å². The van der Waals surface area contributed by atoms with Crippen molar-refractivity contribution in [3.63, 3.8) is 0 Å². The average Bonchev–Trinajstić information content (AvgIpc) is 0.722. The number of hydrogen-bond donors (Lipinski definition) is 0. The molecule has 0 bridgehead atoms. The minimum atomic E-state index is 0.667. The van der Waals surface area contributed by atoms with Crippen LogP contribution < -0.4 is 0 Å². The Labute approximate surface area is 56.0 Å². The summed E-state index contributed by atoms with van der Waals surface area (Å²) in [4.78, 5) is 0. The van der Waals surface area contributed by atoms with E-state index in [1.54, 1.807) is 0 Å². The Morgan fingerprint density at radius 2 is 1.20 bits per heavy atom. The molecule has 0 aliphatic carbocycles. The van der Waals surface area contributed by atoms with Crippen LogP contribution in [0.4, 0.5) is 0 Å². The molecule has 0 atom stereocenters. The Hall–Kier alpha value is 1.19. The summed E-state index contributed by atoms with van der Waals surface area (Å²) in [5, 5.41) is 0. The molecule has 0 rings (SSSR count). The predicted octanol–water partition coefficient (Wildman–Crippen LogP) is 1.75. The Kier molecular flexibility index (Phi) is 2.19. The summed E-state index contributed by atoms with van der Waals surface area (Å²) in [5.41, 5.74) is 0. The van der Waals surface area contributed by atoms with E-state index in [2.05, 4.69) is 20.8 Å². The standard InChI is InChI=1S/C4H9.La/c1-4(2)3;/h1-3H3;. The maximum atomic E-state index is 2.26. The van der Waals surface area contributed by atoms with E-state index in [0.29, 0.717) is 1.82 Å². The van der Waals surface area contributed by atoms with Crippen molar-refractivity contribution < 1.29 is 33.7 Å².